The second-order valence-electron chi connectivity index (χ2n) is 8.48. The molecule has 7 heteroatoms. The summed E-state index contributed by atoms with van der Waals surface area (Å²) < 4.78 is 8.06. The molecule has 1 fully saturated rings. The number of carbonyl (C=O) groups is 1. The van der Waals surface area contributed by atoms with Gasteiger partial charge in [-0.05, 0) is 49.9 Å². The van der Waals surface area contributed by atoms with E-state index in [0.717, 1.165) is 42.6 Å². The zero-order valence-electron chi connectivity index (χ0n) is 18.3. The van der Waals surface area contributed by atoms with Gasteiger partial charge < -0.3 is 9.32 Å². The number of furan rings is 1. The maximum Gasteiger partial charge on any atom is 0.233 e. The van der Waals surface area contributed by atoms with Crippen LogP contribution in [-0.4, -0.2) is 44.4 Å². The van der Waals surface area contributed by atoms with E-state index in [2.05, 4.69) is 36.2 Å². The summed E-state index contributed by atoms with van der Waals surface area (Å²) >= 11 is 1.43. The maximum absolute atomic E-state index is 12.8. The van der Waals surface area contributed by atoms with Gasteiger partial charge in [-0.25, -0.2) is 0 Å². The average Bonchev–Trinajstić information content (AvgIpc) is 3.42. The van der Waals surface area contributed by atoms with Crippen LogP contribution in [0.2, 0.25) is 0 Å². The number of nitrogens with zero attached hydrogens (tertiary/aromatic N) is 4. The third-order valence-corrected chi connectivity index (χ3v) is 6.95. The first kappa shape index (κ1) is 20.8. The van der Waals surface area contributed by atoms with E-state index in [9.17, 15) is 4.79 Å². The number of hydrogen-bond donors (Lipinski definition) is 0. The van der Waals surface area contributed by atoms with Crippen molar-refractivity contribution in [1.29, 1.82) is 0 Å². The van der Waals surface area contributed by atoms with Crippen molar-refractivity contribution < 1.29 is 9.21 Å². The summed E-state index contributed by atoms with van der Waals surface area (Å²) in [5, 5.41) is 10.6. The number of aromatic nitrogens is 3. The molecule has 0 unspecified atom stereocenters. The Morgan fingerprint density at radius 3 is 2.59 bits per heavy atom. The fraction of sp³-hybridized carbons (Fsp3) is 0.320. The van der Waals surface area contributed by atoms with Crippen LogP contribution in [0.15, 0.2) is 64.2 Å². The van der Waals surface area contributed by atoms with Gasteiger partial charge in [0, 0.05) is 24.2 Å². The Bertz CT molecular complexity index is 1200. The van der Waals surface area contributed by atoms with Crippen molar-refractivity contribution in [1.82, 2.24) is 19.7 Å². The second-order valence-corrected chi connectivity index (χ2v) is 9.42. The molecule has 1 aliphatic rings. The van der Waals surface area contributed by atoms with Crippen LogP contribution >= 0.6 is 11.8 Å². The first-order valence-electron chi connectivity index (χ1n) is 11.0. The lowest BCUT2D eigenvalue weighted by Crippen LogP contribution is -2.38. The molecule has 0 atom stereocenters. The topological polar surface area (TPSA) is 64.2 Å². The van der Waals surface area contributed by atoms with Crippen molar-refractivity contribution in [2.24, 2.45) is 5.92 Å². The molecule has 0 aliphatic carbocycles. The van der Waals surface area contributed by atoms with E-state index in [1.165, 1.54) is 17.3 Å². The first-order valence-corrected chi connectivity index (χ1v) is 12.0. The van der Waals surface area contributed by atoms with Crippen LogP contribution in [0.25, 0.3) is 28.2 Å². The number of para-hydroxylation sites is 1. The Morgan fingerprint density at radius 1 is 1.09 bits per heavy atom. The monoisotopic (exact) mass is 446 g/mol. The van der Waals surface area contributed by atoms with E-state index >= 15 is 0 Å². The number of amides is 1. The molecule has 2 aromatic heterocycles. The minimum atomic E-state index is 0.158. The quantitative estimate of drug-likeness (QED) is 0.387. The molecule has 5 rings (SSSR count). The zero-order valence-corrected chi connectivity index (χ0v) is 19.1. The number of likely N-dealkylation sites (tertiary alicyclic amines) is 1. The van der Waals surface area contributed by atoms with Crippen LogP contribution in [0, 0.1) is 12.8 Å². The van der Waals surface area contributed by atoms with Crippen molar-refractivity contribution in [3.05, 3.63) is 60.2 Å². The third-order valence-electron chi connectivity index (χ3n) is 6.03. The lowest BCUT2D eigenvalue weighted by molar-refractivity contribution is -0.129. The molecule has 0 spiro atoms. The summed E-state index contributed by atoms with van der Waals surface area (Å²) in [6, 6.07) is 18.1. The highest BCUT2D eigenvalue weighted by Crippen LogP contribution is 2.32. The number of piperidine rings is 1. The highest BCUT2D eigenvalue weighted by Gasteiger charge is 2.23. The number of aryl methyl sites for hydroxylation is 1. The van der Waals surface area contributed by atoms with Gasteiger partial charge in [0.25, 0.3) is 0 Å². The Labute approximate surface area is 191 Å². The van der Waals surface area contributed by atoms with E-state index in [-0.39, 0.29) is 5.91 Å². The predicted octanol–water partition coefficient (Wildman–Crippen LogP) is 5.34. The molecule has 4 aromatic rings. The van der Waals surface area contributed by atoms with E-state index < -0.39 is 0 Å². The molecule has 0 N–H and O–H groups in total. The number of carbonyl (C=O) groups excluding carboxylic acids is 1. The fourth-order valence-corrected chi connectivity index (χ4v) is 4.87. The van der Waals surface area contributed by atoms with Crippen molar-refractivity contribution in [2.75, 3.05) is 18.8 Å². The molecule has 32 heavy (non-hydrogen) atoms. The smallest absolute Gasteiger partial charge is 0.233 e. The molecule has 1 saturated heterocycles. The van der Waals surface area contributed by atoms with Gasteiger partial charge in [0.2, 0.25) is 11.7 Å². The van der Waals surface area contributed by atoms with Crippen molar-refractivity contribution in [3.63, 3.8) is 0 Å². The van der Waals surface area contributed by atoms with Crippen LogP contribution in [0.5, 0.6) is 0 Å². The van der Waals surface area contributed by atoms with Crippen molar-refractivity contribution in [2.45, 2.75) is 31.8 Å². The van der Waals surface area contributed by atoms with Crippen LogP contribution in [0.3, 0.4) is 0 Å². The molecular formula is C25H26N4O2S. The summed E-state index contributed by atoms with van der Waals surface area (Å²) in [7, 11) is 0. The van der Waals surface area contributed by atoms with Crippen LogP contribution in [0.1, 0.15) is 25.3 Å². The van der Waals surface area contributed by atoms with E-state index in [0.29, 0.717) is 28.4 Å². The summed E-state index contributed by atoms with van der Waals surface area (Å²) in [6.45, 7) is 6.00. The van der Waals surface area contributed by atoms with Crippen LogP contribution in [0.4, 0.5) is 0 Å². The normalized spacial score (nSPS) is 14.9. The van der Waals surface area contributed by atoms with Gasteiger partial charge >= 0.3 is 0 Å². The number of hydrogen-bond acceptors (Lipinski definition) is 5. The van der Waals surface area contributed by atoms with Gasteiger partial charge in [-0.15, -0.1) is 10.2 Å². The summed E-state index contributed by atoms with van der Waals surface area (Å²) in [5.41, 5.74) is 2.93. The molecule has 0 saturated carbocycles. The molecule has 164 valence electrons. The molecule has 0 radical (unpaired) electrons. The molecule has 1 aliphatic heterocycles. The van der Waals surface area contributed by atoms with Crippen molar-refractivity contribution in [3.8, 4) is 17.3 Å². The number of rotatable bonds is 5. The van der Waals surface area contributed by atoms with Crippen LogP contribution in [-0.2, 0) is 4.79 Å². The zero-order chi connectivity index (χ0) is 22.1. The van der Waals surface area contributed by atoms with Gasteiger partial charge in [0.1, 0.15) is 5.58 Å². The lowest BCUT2D eigenvalue weighted by atomic mass is 9.99. The largest absolute Gasteiger partial charge is 0.453 e. The third kappa shape index (κ3) is 4.17. The summed E-state index contributed by atoms with van der Waals surface area (Å²) in [5.74, 6) is 2.49. The van der Waals surface area contributed by atoms with Crippen LogP contribution < -0.4 is 0 Å². The van der Waals surface area contributed by atoms with E-state index in [1.807, 2.05) is 51.9 Å². The average molecular weight is 447 g/mol. The maximum atomic E-state index is 12.8. The molecule has 3 heterocycles. The Kier molecular flexibility index (Phi) is 5.74. The molecule has 0 bridgehead atoms. The predicted molar refractivity (Wildman–Crippen MR) is 127 cm³/mol. The van der Waals surface area contributed by atoms with Gasteiger partial charge in [0.05, 0.1) is 5.75 Å². The summed E-state index contributed by atoms with van der Waals surface area (Å²) in [6.07, 6.45) is 2.15. The first-order chi connectivity index (χ1) is 15.6. The molecule has 1 amide bonds. The number of fused-ring (bicyclic) bond motifs is 1. The van der Waals surface area contributed by atoms with Gasteiger partial charge in [0.15, 0.2) is 10.9 Å². The van der Waals surface area contributed by atoms with E-state index in [4.69, 9.17) is 4.42 Å². The van der Waals surface area contributed by atoms with E-state index in [1.54, 1.807) is 0 Å². The lowest BCUT2D eigenvalue weighted by Gasteiger charge is -2.30. The minimum absolute atomic E-state index is 0.158. The van der Waals surface area contributed by atoms with Crippen molar-refractivity contribution >= 4 is 28.6 Å². The summed E-state index contributed by atoms with van der Waals surface area (Å²) in [4.78, 5) is 14.8. The highest BCUT2D eigenvalue weighted by molar-refractivity contribution is 7.99. The Morgan fingerprint density at radius 2 is 1.84 bits per heavy atom. The molecular weight excluding hydrogens is 420 g/mol. The minimum Gasteiger partial charge on any atom is -0.453 e. The molecule has 2 aromatic carbocycles. The Hall–Kier alpha value is -3.06. The SMILES string of the molecule is Cc1ccc(-n2c(SCC(=O)N3CCC(C)CC3)nnc2-c2cc3ccccc3o2)cc1. The fourth-order valence-electron chi connectivity index (χ4n) is 4.02. The standard InChI is InChI=1S/C25H26N4O2S/c1-17-7-9-20(10-8-17)29-24(22-15-19-5-3-4-6-21(19)31-22)26-27-25(29)32-16-23(30)28-13-11-18(2)12-14-28/h3-10,15,18H,11-14,16H2,1-2H3. The number of benzene rings is 2. The van der Waals surface area contributed by atoms with Gasteiger partial charge in [-0.3, -0.25) is 9.36 Å². The van der Waals surface area contributed by atoms with Gasteiger partial charge in [-0.2, -0.15) is 0 Å². The second kappa shape index (κ2) is 8.82. The number of thioether (sulfide) groups is 1. The Balaban J connectivity index is 1.46. The molecule has 6 nitrogen and oxygen atoms in total. The highest BCUT2D eigenvalue weighted by atomic mass is 32.2. The van der Waals surface area contributed by atoms with Gasteiger partial charge in [-0.1, -0.05) is 54.6 Å².